The standard InChI is InChI=1S/C54H91NO8/c1-6-8-10-12-14-16-18-19-20-21-22-23-24-25-26-27-28-29-30-31-32-33-35-37-39-41-43-45-52(57)63-50(49-62-54(53(58)59)60-47-46-55(3,4)5)48-61-51(56)44-42-40-38-36-34-17-15-13-11-9-7-2/h8,10,14,16,19-20,22-23,25-26,28-29,31-32,50,54H,6-7,9,11-13,15,17-18,21,24,27,30,33-49H2,1-5H3/p+1/b10-8-,16-14-,20-19-,23-22-,26-25-,29-28-,32-31-. The number of aliphatic carboxylic acids is 1. The third-order valence-corrected chi connectivity index (χ3v) is 10.2. The molecule has 0 aromatic heterocycles. The Morgan fingerprint density at radius 2 is 0.905 bits per heavy atom. The van der Waals surface area contributed by atoms with Crippen molar-refractivity contribution in [3.8, 4) is 0 Å². The fraction of sp³-hybridized carbons (Fsp3) is 0.685. The van der Waals surface area contributed by atoms with Gasteiger partial charge in [0.1, 0.15) is 13.2 Å². The number of allylic oxidation sites excluding steroid dienone is 14. The molecule has 0 radical (unpaired) electrons. The second kappa shape index (κ2) is 45.1. The Balaban J connectivity index is 4.36. The van der Waals surface area contributed by atoms with Crippen LogP contribution in [0.25, 0.3) is 0 Å². The van der Waals surface area contributed by atoms with Gasteiger partial charge in [0.2, 0.25) is 0 Å². The molecule has 0 aliphatic carbocycles. The van der Waals surface area contributed by atoms with E-state index in [1.54, 1.807) is 0 Å². The zero-order valence-electron chi connectivity index (χ0n) is 40.7. The van der Waals surface area contributed by atoms with Crippen LogP contribution in [0, 0.1) is 0 Å². The van der Waals surface area contributed by atoms with Crippen molar-refractivity contribution in [1.29, 1.82) is 0 Å². The third-order valence-electron chi connectivity index (χ3n) is 10.2. The first-order valence-electron chi connectivity index (χ1n) is 24.8. The highest BCUT2D eigenvalue weighted by Crippen LogP contribution is 2.14. The topological polar surface area (TPSA) is 108 Å². The van der Waals surface area contributed by atoms with Crippen LogP contribution < -0.4 is 0 Å². The number of nitrogens with zero attached hydrogens (tertiary/aromatic N) is 1. The van der Waals surface area contributed by atoms with E-state index in [1.165, 1.54) is 51.4 Å². The fourth-order valence-electron chi connectivity index (χ4n) is 6.34. The van der Waals surface area contributed by atoms with E-state index < -0.39 is 24.3 Å². The second-order valence-electron chi connectivity index (χ2n) is 17.4. The number of unbranched alkanes of at least 4 members (excludes halogenated alkanes) is 15. The molecular formula is C54H92NO8+. The summed E-state index contributed by atoms with van der Waals surface area (Å²) in [4.78, 5) is 37.1. The number of likely N-dealkylation sites (N-methyl/N-ethyl adjacent to an activating group) is 1. The minimum atomic E-state index is -1.52. The molecule has 0 spiro atoms. The largest absolute Gasteiger partial charge is 0.477 e. The van der Waals surface area contributed by atoms with Crippen LogP contribution in [0.15, 0.2) is 85.1 Å². The molecule has 0 aliphatic heterocycles. The maximum absolute atomic E-state index is 12.8. The van der Waals surface area contributed by atoms with Crippen LogP contribution >= 0.6 is 0 Å². The average molecular weight is 883 g/mol. The van der Waals surface area contributed by atoms with Crippen molar-refractivity contribution in [2.24, 2.45) is 0 Å². The summed E-state index contributed by atoms with van der Waals surface area (Å²) >= 11 is 0. The van der Waals surface area contributed by atoms with Crippen LogP contribution in [0.2, 0.25) is 0 Å². The van der Waals surface area contributed by atoms with Gasteiger partial charge in [-0.2, -0.15) is 0 Å². The molecule has 0 saturated carbocycles. The van der Waals surface area contributed by atoms with Crippen molar-refractivity contribution in [1.82, 2.24) is 0 Å². The molecule has 0 bridgehead atoms. The molecule has 2 atom stereocenters. The summed E-state index contributed by atoms with van der Waals surface area (Å²) in [5, 5.41) is 9.65. The van der Waals surface area contributed by atoms with Gasteiger partial charge < -0.3 is 28.5 Å². The van der Waals surface area contributed by atoms with Gasteiger partial charge in [-0.3, -0.25) is 9.59 Å². The van der Waals surface area contributed by atoms with E-state index in [0.717, 1.165) is 96.3 Å². The molecule has 0 heterocycles. The molecule has 1 N–H and O–H groups in total. The summed E-state index contributed by atoms with van der Waals surface area (Å²) in [5.41, 5.74) is 0. The molecule has 0 fully saturated rings. The lowest BCUT2D eigenvalue weighted by atomic mass is 10.1. The minimum absolute atomic E-state index is 0.180. The van der Waals surface area contributed by atoms with E-state index >= 15 is 0 Å². The molecule has 0 aromatic carbocycles. The van der Waals surface area contributed by atoms with Gasteiger partial charge in [-0.05, 0) is 70.6 Å². The summed E-state index contributed by atoms with van der Waals surface area (Å²) < 4.78 is 22.7. The lowest BCUT2D eigenvalue weighted by Crippen LogP contribution is -2.40. The number of rotatable bonds is 44. The van der Waals surface area contributed by atoms with E-state index in [2.05, 4.69) is 98.9 Å². The molecule has 0 aromatic rings. The number of carbonyl (C=O) groups excluding carboxylic acids is 2. The average Bonchev–Trinajstić information content (AvgIpc) is 3.24. The quantitative estimate of drug-likeness (QED) is 0.0212. The van der Waals surface area contributed by atoms with Crippen molar-refractivity contribution in [3.63, 3.8) is 0 Å². The third kappa shape index (κ3) is 46.3. The number of carboxylic acid groups (broad SMARTS) is 1. The lowest BCUT2D eigenvalue weighted by Gasteiger charge is -2.25. The molecule has 360 valence electrons. The van der Waals surface area contributed by atoms with E-state index in [9.17, 15) is 19.5 Å². The molecule has 0 saturated heterocycles. The van der Waals surface area contributed by atoms with E-state index in [-0.39, 0.29) is 32.2 Å². The van der Waals surface area contributed by atoms with Gasteiger partial charge >= 0.3 is 17.9 Å². The number of hydrogen-bond donors (Lipinski definition) is 1. The van der Waals surface area contributed by atoms with Crippen LogP contribution in [-0.2, 0) is 33.3 Å². The normalized spacial score (nSPS) is 13.6. The van der Waals surface area contributed by atoms with Crippen LogP contribution in [0.4, 0.5) is 0 Å². The lowest BCUT2D eigenvalue weighted by molar-refractivity contribution is -0.870. The first-order valence-corrected chi connectivity index (χ1v) is 24.8. The minimum Gasteiger partial charge on any atom is -0.477 e. The smallest absolute Gasteiger partial charge is 0.361 e. The summed E-state index contributed by atoms with van der Waals surface area (Å²) in [6.45, 7) is 4.71. The van der Waals surface area contributed by atoms with Crippen molar-refractivity contribution in [2.45, 2.75) is 193 Å². The van der Waals surface area contributed by atoms with Crippen LogP contribution in [0.5, 0.6) is 0 Å². The molecule has 0 aliphatic rings. The van der Waals surface area contributed by atoms with Gasteiger partial charge in [-0.15, -0.1) is 0 Å². The Morgan fingerprint density at radius 3 is 1.35 bits per heavy atom. The molecule has 9 nitrogen and oxygen atoms in total. The first kappa shape index (κ1) is 59.5. The van der Waals surface area contributed by atoms with Gasteiger partial charge in [0.25, 0.3) is 6.29 Å². The van der Waals surface area contributed by atoms with Gasteiger partial charge in [0, 0.05) is 12.8 Å². The van der Waals surface area contributed by atoms with Gasteiger partial charge in [-0.1, -0.05) is 182 Å². The monoisotopic (exact) mass is 883 g/mol. The van der Waals surface area contributed by atoms with Crippen molar-refractivity contribution >= 4 is 17.9 Å². The zero-order valence-corrected chi connectivity index (χ0v) is 40.7. The number of ether oxygens (including phenoxy) is 4. The maximum Gasteiger partial charge on any atom is 0.361 e. The van der Waals surface area contributed by atoms with E-state index in [1.807, 2.05) is 21.1 Å². The predicted octanol–water partition coefficient (Wildman–Crippen LogP) is 13.7. The Labute approximate surface area is 385 Å². The van der Waals surface area contributed by atoms with Crippen LogP contribution in [0.1, 0.15) is 181 Å². The molecule has 9 heteroatoms. The van der Waals surface area contributed by atoms with Gasteiger partial charge in [0.05, 0.1) is 34.4 Å². The van der Waals surface area contributed by atoms with Gasteiger partial charge in [-0.25, -0.2) is 4.79 Å². The van der Waals surface area contributed by atoms with Crippen LogP contribution in [0.3, 0.4) is 0 Å². The Hall–Kier alpha value is -3.53. The summed E-state index contributed by atoms with van der Waals surface area (Å²) in [7, 11) is 5.94. The molecule has 2 unspecified atom stereocenters. The Kier molecular flexibility index (Phi) is 42.5. The summed E-state index contributed by atoms with van der Waals surface area (Å²) in [5.74, 6) is -2.04. The number of carboxylic acids is 1. The van der Waals surface area contributed by atoms with Crippen molar-refractivity contribution in [3.05, 3.63) is 85.1 Å². The predicted molar refractivity (Wildman–Crippen MR) is 262 cm³/mol. The zero-order chi connectivity index (χ0) is 46.3. The molecule has 0 rings (SSSR count). The van der Waals surface area contributed by atoms with Crippen LogP contribution in [-0.4, -0.2) is 87.4 Å². The molecule has 63 heavy (non-hydrogen) atoms. The second-order valence-corrected chi connectivity index (χ2v) is 17.4. The Bertz CT molecular complexity index is 1300. The first-order chi connectivity index (χ1) is 30.6. The van der Waals surface area contributed by atoms with E-state index in [4.69, 9.17) is 18.9 Å². The Morgan fingerprint density at radius 1 is 0.492 bits per heavy atom. The summed E-state index contributed by atoms with van der Waals surface area (Å²) in [6, 6.07) is 0. The number of quaternary nitrogens is 1. The van der Waals surface area contributed by atoms with Crippen molar-refractivity contribution in [2.75, 3.05) is 47.5 Å². The maximum atomic E-state index is 12.8. The summed E-state index contributed by atoms with van der Waals surface area (Å²) in [6.07, 6.45) is 55.0. The highest BCUT2D eigenvalue weighted by molar-refractivity contribution is 5.71. The SMILES string of the molecule is CC/C=C\C/C=C\C/C=C\C/C=C\C/C=C\C/C=C\C/C=C\CCCCCCCC(=O)OC(COC(=O)CCCCCCCCCCCCC)COC(OCC[N+](C)(C)C)C(=O)O. The van der Waals surface area contributed by atoms with Crippen molar-refractivity contribution < 1.29 is 42.9 Å². The highest BCUT2D eigenvalue weighted by atomic mass is 16.7. The number of esters is 2. The van der Waals surface area contributed by atoms with Gasteiger partial charge in [0.15, 0.2) is 6.10 Å². The fourth-order valence-corrected chi connectivity index (χ4v) is 6.34. The number of carbonyl (C=O) groups is 3. The molecular weight excluding hydrogens is 791 g/mol. The molecule has 0 amide bonds. The number of hydrogen-bond acceptors (Lipinski definition) is 7. The van der Waals surface area contributed by atoms with E-state index in [0.29, 0.717) is 23.9 Å². The highest BCUT2D eigenvalue weighted by Gasteiger charge is 2.25.